The third-order valence-corrected chi connectivity index (χ3v) is 4.13. The van der Waals surface area contributed by atoms with E-state index in [2.05, 4.69) is 31.1 Å². The standard InChI is InChI=1S/C24H26N2O2/c1-24(2,3)17-25-23(27)22-15-20(28-16-18-10-6-4-7-11-18)14-21(26-22)19-12-8-5-9-13-19/h4-15H,16-17H2,1-3H3,(H,25,27). The molecule has 1 heterocycles. The molecular formula is C24H26N2O2. The van der Waals surface area contributed by atoms with Crippen LogP contribution in [0.25, 0.3) is 11.3 Å². The van der Waals surface area contributed by atoms with E-state index in [-0.39, 0.29) is 11.3 Å². The van der Waals surface area contributed by atoms with Crippen LogP contribution in [0.15, 0.2) is 72.8 Å². The van der Waals surface area contributed by atoms with E-state index in [0.29, 0.717) is 30.3 Å². The molecule has 2 aromatic carbocycles. The van der Waals surface area contributed by atoms with Gasteiger partial charge in [-0.1, -0.05) is 81.4 Å². The van der Waals surface area contributed by atoms with Gasteiger partial charge in [-0.25, -0.2) is 4.98 Å². The minimum absolute atomic E-state index is 0.000655. The first-order valence-electron chi connectivity index (χ1n) is 9.43. The van der Waals surface area contributed by atoms with Crippen LogP contribution in [-0.2, 0) is 6.61 Å². The molecule has 1 N–H and O–H groups in total. The summed E-state index contributed by atoms with van der Waals surface area (Å²) in [6.45, 7) is 7.24. The Hall–Kier alpha value is -3.14. The Bertz CT molecular complexity index is 916. The number of aromatic nitrogens is 1. The van der Waals surface area contributed by atoms with E-state index in [9.17, 15) is 4.79 Å². The van der Waals surface area contributed by atoms with E-state index in [1.54, 1.807) is 6.07 Å². The molecule has 28 heavy (non-hydrogen) atoms. The predicted octanol–water partition coefficient (Wildman–Crippen LogP) is 5.10. The van der Waals surface area contributed by atoms with Crippen LogP contribution >= 0.6 is 0 Å². The van der Waals surface area contributed by atoms with Gasteiger partial charge in [0.15, 0.2) is 0 Å². The number of hydrogen-bond acceptors (Lipinski definition) is 3. The highest BCUT2D eigenvalue weighted by Crippen LogP contribution is 2.24. The van der Waals surface area contributed by atoms with E-state index >= 15 is 0 Å². The molecule has 0 atom stereocenters. The summed E-state index contributed by atoms with van der Waals surface area (Å²) < 4.78 is 5.97. The van der Waals surface area contributed by atoms with Crippen LogP contribution in [0.3, 0.4) is 0 Å². The van der Waals surface area contributed by atoms with Crippen molar-refractivity contribution in [2.75, 3.05) is 6.54 Å². The molecule has 1 amide bonds. The smallest absolute Gasteiger partial charge is 0.270 e. The van der Waals surface area contributed by atoms with Crippen LogP contribution in [-0.4, -0.2) is 17.4 Å². The topological polar surface area (TPSA) is 51.2 Å². The maximum Gasteiger partial charge on any atom is 0.270 e. The van der Waals surface area contributed by atoms with Gasteiger partial charge in [-0.2, -0.15) is 0 Å². The van der Waals surface area contributed by atoms with Gasteiger partial charge in [0.1, 0.15) is 18.1 Å². The molecule has 144 valence electrons. The number of nitrogens with one attached hydrogen (secondary N) is 1. The Balaban J connectivity index is 1.86. The van der Waals surface area contributed by atoms with E-state index in [4.69, 9.17) is 4.74 Å². The van der Waals surface area contributed by atoms with Crippen molar-refractivity contribution in [1.29, 1.82) is 0 Å². The number of benzene rings is 2. The SMILES string of the molecule is CC(C)(C)CNC(=O)c1cc(OCc2ccccc2)cc(-c2ccccc2)n1. The molecule has 1 aromatic heterocycles. The molecule has 0 aliphatic heterocycles. The fraction of sp³-hybridized carbons (Fsp3) is 0.250. The average Bonchev–Trinajstić information content (AvgIpc) is 2.71. The van der Waals surface area contributed by atoms with Gasteiger partial charge in [0.05, 0.1) is 5.69 Å². The van der Waals surface area contributed by atoms with Crippen molar-refractivity contribution in [3.8, 4) is 17.0 Å². The monoisotopic (exact) mass is 374 g/mol. The van der Waals surface area contributed by atoms with E-state index in [0.717, 1.165) is 11.1 Å². The number of pyridine rings is 1. The van der Waals surface area contributed by atoms with Crippen LogP contribution < -0.4 is 10.1 Å². The van der Waals surface area contributed by atoms with Gasteiger partial charge < -0.3 is 10.1 Å². The summed E-state index contributed by atoms with van der Waals surface area (Å²) in [5.74, 6) is 0.427. The van der Waals surface area contributed by atoms with Crippen LogP contribution in [0.1, 0.15) is 36.8 Å². The van der Waals surface area contributed by atoms with Crippen molar-refractivity contribution in [3.63, 3.8) is 0 Å². The molecule has 0 saturated heterocycles. The first-order valence-corrected chi connectivity index (χ1v) is 9.43. The zero-order valence-corrected chi connectivity index (χ0v) is 16.6. The molecule has 4 heteroatoms. The highest BCUT2D eigenvalue weighted by Gasteiger charge is 2.16. The Morgan fingerprint density at radius 1 is 0.964 bits per heavy atom. The van der Waals surface area contributed by atoms with Gasteiger partial charge in [-0.05, 0) is 11.0 Å². The summed E-state index contributed by atoms with van der Waals surface area (Å²) in [7, 11) is 0. The predicted molar refractivity (Wildman–Crippen MR) is 112 cm³/mol. The normalized spacial score (nSPS) is 11.1. The summed E-state index contributed by atoms with van der Waals surface area (Å²) in [4.78, 5) is 17.2. The average molecular weight is 374 g/mol. The van der Waals surface area contributed by atoms with Gasteiger partial charge in [-0.3, -0.25) is 4.79 Å². The molecule has 0 radical (unpaired) electrons. The van der Waals surface area contributed by atoms with Crippen molar-refractivity contribution < 1.29 is 9.53 Å². The first-order chi connectivity index (χ1) is 13.4. The van der Waals surface area contributed by atoms with Gasteiger partial charge in [-0.15, -0.1) is 0 Å². The third-order valence-electron chi connectivity index (χ3n) is 4.13. The fourth-order valence-electron chi connectivity index (χ4n) is 2.64. The van der Waals surface area contributed by atoms with Gasteiger partial charge in [0.25, 0.3) is 5.91 Å². The second-order valence-corrected chi connectivity index (χ2v) is 7.96. The minimum Gasteiger partial charge on any atom is -0.489 e. The van der Waals surface area contributed by atoms with E-state index in [1.165, 1.54) is 0 Å². The zero-order valence-electron chi connectivity index (χ0n) is 16.6. The quantitative estimate of drug-likeness (QED) is 0.653. The zero-order chi connectivity index (χ0) is 20.0. The van der Waals surface area contributed by atoms with Crippen LogP contribution in [0.4, 0.5) is 0 Å². The van der Waals surface area contributed by atoms with Crippen LogP contribution in [0, 0.1) is 5.41 Å². The molecule has 3 aromatic rings. The molecule has 0 fully saturated rings. The summed E-state index contributed by atoms with van der Waals surface area (Å²) in [5, 5.41) is 2.96. The highest BCUT2D eigenvalue weighted by molar-refractivity contribution is 5.93. The number of nitrogens with zero attached hydrogens (tertiary/aromatic N) is 1. The Labute approximate surface area is 166 Å². The Kier molecular flexibility index (Phi) is 6.09. The number of rotatable bonds is 6. The van der Waals surface area contributed by atoms with E-state index < -0.39 is 0 Å². The number of ether oxygens (including phenoxy) is 1. The molecule has 4 nitrogen and oxygen atoms in total. The largest absolute Gasteiger partial charge is 0.489 e. The lowest BCUT2D eigenvalue weighted by Gasteiger charge is -2.19. The van der Waals surface area contributed by atoms with Crippen molar-refractivity contribution in [2.45, 2.75) is 27.4 Å². The summed E-state index contributed by atoms with van der Waals surface area (Å²) in [6.07, 6.45) is 0. The Morgan fingerprint density at radius 2 is 1.61 bits per heavy atom. The molecule has 0 saturated carbocycles. The lowest BCUT2D eigenvalue weighted by molar-refractivity contribution is 0.0934. The first kappa shape index (κ1) is 19.6. The van der Waals surface area contributed by atoms with Gasteiger partial charge >= 0.3 is 0 Å². The molecule has 0 spiro atoms. The number of amides is 1. The van der Waals surface area contributed by atoms with Crippen LogP contribution in [0.5, 0.6) is 5.75 Å². The lowest BCUT2D eigenvalue weighted by atomic mass is 9.97. The third kappa shape index (κ3) is 5.68. The number of carbonyl (C=O) groups is 1. The van der Waals surface area contributed by atoms with Crippen molar-refractivity contribution in [2.24, 2.45) is 5.41 Å². The van der Waals surface area contributed by atoms with Crippen molar-refractivity contribution in [3.05, 3.63) is 84.1 Å². The second kappa shape index (κ2) is 8.70. The molecule has 0 aliphatic carbocycles. The number of hydrogen-bond donors (Lipinski definition) is 1. The molecule has 3 rings (SSSR count). The van der Waals surface area contributed by atoms with Crippen molar-refractivity contribution in [1.82, 2.24) is 10.3 Å². The fourth-order valence-corrected chi connectivity index (χ4v) is 2.64. The second-order valence-electron chi connectivity index (χ2n) is 7.96. The lowest BCUT2D eigenvalue weighted by Crippen LogP contribution is -2.32. The highest BCUT2D eigenvalue weighted by atomic mass is 16.5. The molecule has 0 bridgehead atoms. The summed E-state index contributed by atoms with van der Waals surface area (Å²) in [6, 6.07) is 23.3. The van der Waals surface area contributed by atoms with Gasteiger partial charge in [0.2, 0.25) is 0 Å². The van der Waals surface area contributed by atoms with Gasteiger partial charge in [0, 0.05) is 24.2 Å². The molecule has 0 unspecified atom stereocenters. The molecule has 0 aliphatic rings. The van der Waals surface area contributed by atoms with E-state index in [1.807, 2.05) is 66.7 Å². The Morgan fingerprint density at radius 3 is 2.25 bits per heavy atom. The minimum atomic E-state index is -0.197. The molecular weight excluding hydrogens is 348 g/mol. The van der Waals surface area contributed by atoms with Crippen LogP contribution in [0.2, 0.25) is 0 Å². The maximum absolute atomic E-state index is 12.7. The summed E-state index contributed by atoms with van der Waals surface area (Å²) >= 11 is 0. The maximum atomic E-state index is 12.7. The number of carbonyl (C=O) groups excluding carboxylic acids is 1. The van der Waals surface area contributed by atoms with Crippen molar-refractivity contribution >= 4 is 5.91 Å². The summed E-state index contributed by atoms with van der Waals surface area (Å²) in [5.41, 5.74) is 3.08.